The van der Waals surface area contributed by atoms with E-state index in [0.717, 1.165) is 54.6 Å². The van der Waals surface area contributed by atoms with Gasteiger partial charge in [-0.2, -0.15) is 0 Å². The first-order chi connectivity index (χ1) is 18.5. The van der Waals surface area contributed by atoms with Gasteiger partial charge < -0.3 is 24.4 Å². The largest absolute Gasteiger partial charge is 0.378 e. The minimum absolute atomic E-state index is 0.168. The number of benzene rings is 2. The van der Waals surface area contributed by atoms with Crippen molar-refractivity contribution in [3.05, 3.63) is 107 Å². The lowest BCUT2D eigenvalue weighted by molar-refractivity contribution is 0.122. The van der Waals surface area contributed by atoms with Crippen LogP contribution in [0.1, 0.15) is 34.7 Å². The van der Waals surface area contributed by atoms with E-state index in [1.165, 1.54) is 11.8 Å². The number of hydrogen-bond donors (Lipinski definition) is 1. The number of halogens is 1. The molecule has 38 heavy (non-hydrogen) atoms. The summed E-state index contributed by atoms with van der Waals surface area (Å²) in [6.07, 6.45) is 1.81. The van der Waals surface area contributed by atoms with E-state index in [2.05, 4.69) is 50.4 Å². The fourth-order valence-corrected chi connectivity index (χ4v) is 6.03. The van der Waals surface area contributed by atoms with Gasteiger partial charge in [0.2, 0.25) is 0 Å². The normalized spacial score (nSPS) is 19.6. The Kier molecular flexibility index (Phi) is 6.59. The topological polar surface area (TPSA) is 45.6 Å². The lowest BCUT2D eigenvalue weighted by Gasteiger charge is -2.31. The summed E-state index contributed by atoms with van der Waals surface area (Å²) in [5, 5.41) is 4.18. The van der Waals surface area contributed by atoms with Gasteiger partial charge >= 0.3 is 0 Å². The van der Waals surface area contributed by atoms with Crippen molar-refractivity contribution in [2.24, 2.45) is 0 Å². The van der Waals surface area contributed by atoms with Gasteiger partial charge in [-0.15, -0.1) is 0 Å². The third-order valence-electron chi connectivity index (χ3n) is 7.48. The summed E-state index contributed by atoms with van der Waals surface area (Å²) >= 11 is 5.93. The highest BCUT2D eigenvalue weighted by Crippen LogP contribution is 2.44. The van der Waals surface area contributed by atoms with Crippen LogP contribution in [0.5, 0.6) is 0 Å². The molecule has 0 spiro atoms. The fraction of sp³-hybridized carbons (Fsp3) is 0.267. The van der Waals surface area contributed by atoms with E-state index in [4.69, 9.17) is 17.0 Å². The van der Waals surface area contributed by atoms with Crippen molar-refractivity contribution in [1.29, 1.82) is 0 Å². The average molecular weight is 528 g/mol. The Hall–Kier alpha value is -3.75. The van der Waals surface area contributed by atoms with Gasteiger partial charge in [0.15, 0.2) is 5.11 Å². The summed E-state index contributed by atoms with van der Waals surface area (Å²) in [5.74, 6) is -0.252. The molecule has 0 saturated carbocycles. The Morgan fingerprint density at radius 3 is 2.37 bits per heavy atom. The zero-order valence-corrected chi connectivity index (χ0v) is 22.3. The highest BCUT2D eigenvalue weighted by molar-refractivity contribution is 7.80. The van der Waals surface area contributed by atoms with E-state index >= 15 is 0 Å². The molecule has 194 valence electrons. The number of nitrogens with zero attached hydrogens (tertiary/aromatic N) is 4. The number of hydrogen-bond acceptors (Lipinski definition) is 4. The van der Waals surface area contributed by atoms with Crippen LogP contribution in [-0.2, 0) is 4.74 Å². The molecule has 4 heterocycles. The summed E-state index contributed by atoms with van der Waals surface area (Å²) in [6.45, 7) is 7.32. The van der Waals surface area contributed by atoms with E-state index in [1.807, 2.05) is 48.7 Å². The predicted molar refractivity (Wildman–Crippen MR) is 153 cm³/mol. The number of aryl methyl sites for hydroxylation is 1. The number of morpholine rings is 1. The molecular weight excluding hydrogens is 497 g/mol. The third kappa shape index (κ3) is 4.33. The van der Waals surface area contributed by atoms with Gasteiger partial charge in [-0.3, -0.25) is 4.98 Å². The molecule has 8 heteroatoms. The van der Waals surface area contributed by atoms with Gasteiger partial charge in [-0.05, 0) is 86.2 Å². The third-order valence-corrected chi connectivity index (χ3v) is 7.80. The monoisotopic (exact) mass is 527 g/mol. The van der Waals surface area contributed by atoms with Crippen LogP contribution in [0, 0.1) is 19.7 Å². The molecule has 0 bridgehead atoms. The van der Waals surface area contributed by atoms with Crippen LogP contribution in [0.3, 0.4) is 0 Å². The number of anilines is 2. The average Bonchev–Trinajstić information content (AvgIpc) is 3.45. The Morgan fingerprint density at radius 1 is 0.947 bits per heavy atom. The van der Waals surface area contributed by atoms with Crippen molar-refractivity contribution >= 4 is 28.7 Å². The second-order valence-electron chi connectivity index (χ2n) is 9.73. The van der Waals surface area contributed by atoms with Crippen LogP contribution in [0.25, 0.3) is 5.69 Å². The lowest BCUT2D eigenvalue weighted by Crippen LogP contribution is -2.36. The maximum atomic E-state index is 14.9. The fourth-order valence-electron chi connectivity index (χ4n) is 5.69. The molecule has 2 aliphatic heterocycles. The molecule has 0 amide bonds. The summed E-state index contributed by atoms with van der Waals surface area (Å²) in [5.41, 5.74) is 6.62. The smallest absolute Gasteiger partial charge is 0.174 e. The first kappa shape index (κ1) is 24.6. The summed E-state index contributed by atoms with van der Waals surface area (Å²) < 4.78 is 22.4. The standard InChI is InChI=1S/C30H30FN5OS/c1-20-19-24(21(2)35(20)27-9-4-3-7-25(27)31)29-28(26-8-5-6-14-32-26)33-30(38)36(29)23-12-10-22(11-13-23)34-15-17-37-18-16-34/h3-14,19,28-29H,15-18H2,1-2H3,(H,33,38)/t28-,29-/m0/s1. The van der Waals surface area contributed by atoms with Crippen LogP contribution < -0.4 is 15.1 Å². The van der Waals surface area contributed by atoms with Crippen LogP contribution in [0.15, 0.2) is 79.0 Å². The van der Waals surface area contributed by atoms with E-state index in [-0.39, 0.29) is 17.9 Å². The number of thiocarbonyl (C=S) groups is 1. The van der Waals surface area contributed by atoms with Crippen molar-refractivity contribution in [3.63, 3.8) is 0 Å². The van der Waals surface area contributed by atoms with Crippen LogP contribution in [0.4, 0.5) is 15.8 Å². The second kappa shape index (κ2) is 10.2. The van der Waals surface area contributed by atoms with Gasteiger partial charge in [0, 0.05) is 42.0 Å². The number of aromatic nitrogens is 2. The van der Waals surface area contributed by atoms with Crippen molar-refractivity contribution in [2.75, 3.05) is 36.1 Å². The van der Waals surface area contributed by atoms with Crippen LogP contribution in [-0.4, -0.2) is 41.0 Å². The van der Waals surface area contributed by atoms with Crippen molar-refractivity contribution < 1.29 is 9.13 Å². The summed E-state index contributed by atoms with van der Waals surface area (Å²) in [7, 11) is 0. The zero-order valence-electron chi connectivity index (χ0n) is 21.5. The van der Waals surface area contributed by atoms with E-state index in [0.29, 0.717) is 10.8 Å². The van der Waals surface area contributed by atoms with Gasteiger partial charge in [0.1, 0.15) is 5.82 Å². The molecule has 2 fully saturated rings. The predicted octanol–water partition coefficient (Wildman–Crippen LogP) is 5.64. The minimum Gasteiger partial charge on any atom is -0.378 e. The number of para-hydroxylation sites is 1. The molecule has 6 rings (SSSR count). The van der Waals surface area contributed by atoms with Crippen LogP contribution in [0.2, 0.25) is 0 Å². The van der Waals surface area contributed by atoms with Crippen LogP contribution >= 0.6 is 12.2 Å². The molecule has 2 aliphatic rings. The van der Waals surface area contributed by atoms with E-state index in [9.17, 15) is 4.39 Å². The molecule has 0 aliphatic carbocycles. The molecule has 6 nitrogen and oxygen atoms in total. The molecule has 1 N–H and O–H groups in total. The lowest BCUT2D eigenvalue weighted by atomic mass is 9.96. The minimum atomic E-state index is -0.252. The molecule has 0 unspecified atom stereocenters. The first-order valence-corrected chi connectivity index (χ1v) is 13.3. The first-order valence-electron chi connectivity index (χ1n) is 12.9. The highest BCUT2D eigenvalue weighted by atomic mass is 32.1. The summed E-state index contributed by atoms with van der Waals surface area (Å²) in [4.78, 5) is 9.18. The highest BCUT2D eigenvalue weighted by Gasteiger charge is 2.42. The molecule has 2 aromatic heterocycles. The Morgan fingerprint density at radius 2 is 1.66 bits per heavy atom. The maximum Gasteiger partial charge on any atom is 0.174 e. The maximum absolute atomic E-state index is 14.9. The quantitative estimate of drug-likeness (QED) is 0.339. The molecule has 2 saturated heterocycles. The van der Waals surface area contributed by atoms with Gasteiger partial charge in [-0.1, -0.05) is 18.2 Å². The van der Waals surface area contributed by atoms with E-state index < -0.39 is 0 Å². The Bertz CT molecular complexity index is 1450. The number of rotatable bonds is 5. The van der Waals surface area contributed by atoms with Crippen molar-refractivity contribution in [1.82, 2.24) is 14.9 Å². The molecule has 4 aromatic rings. The molecule has 0 radical (unpaired) electrons. The molecular formula is C30H30FN5OS. The number of pyridine rings is 1. The zero-order chi connectivity index (χ0) is 26.2. The SMILES string of the molecule is Cc1cc([C@H]2[C@H](c3ccccn3)NC(=S)N2c2ccc(N3CCOCC3)cc2)c(C)n1-c1ccccc1F. The Balaban J connectivity index is 1.44. The van der Waals surface area contributed by atoms with E-state index in [1.54, 1.807) is 12.3 Å². The van der Waals surface area contributed by atoms with Crippen molar-refractivity contribution in [3.8, 4) is 5.69 Å². The number of nitrogens with one attached hydrogen (secondary N) is 1. The van der Waals surface area contributed by atoms with Crippen molar-refractivity contribution in [2.45, 2.75) is 25.9 Å². The molecule has 2 atom stereocenters. The van der Waals surface area contributed by atoms with Gasteiger partial charge in [0.05, 0.1) is 36.7 Å². The molecule has 2 aromatic carbocycles. The van der Waals surface area contributed by atoms with Gasteiger partial charge in [-0.25, -0.2) is 4.39 Å². The van der Waals surface area contributed by atoms with Gasteiger partial charge in [0.25, 0.3) is 0 Å². The summed E-state index contributed by atoms with van der Waals surface area (Å²) in [6, 6.07) is 23.2. The Labute approximate surface area is 227 Å². The number of ether oxygens (including phenoxy) is 1. The second-order valence-corrected chi connectivity index (χ2v) is 10.1.